The van der Waals surface area contributed by atoms with Gasteiger partial charge >= 0.3 is 6.03 Å². The van der Waals surface area contributed by atoms with Gasteiger partial charge < -0.3 is 15.4 Å². The number of primary amides is 1. The molecule has 0 saturated carbocycles. The maximum absolute atomic E-state index is 10.7. The Bertz CT molecular complexity index is 643. The van der Waals surface area contributed by atoms with Gasteiger partial charge in [0.1, 0.15) is 0 Å². The number of aromatic hydroxyl groups is 1. The third kappa shape index (κ3) is 2.57. The van der Waals surface area contributed by atoms with Crippen molar-refractivity contribution in [1.29, 1.82) is 0 Å². The molecule has 0 bridgehead atoms. The minimum atomic E-state index is -0.889. The molecule has 100 valence electrons. The van der Waals surface area contributed by atoms with Crippen LogP contribution in [-0.4, -0.2) is 15.7 Å². The van der Waals surface area contributed by atoms with Crippen LogP contribution in [0, 0.1) is 5.92 Å². The lowest BCUT2D eigenvalue weighted by Gasteiger charge is -2.09. The first-order valence-corrected chi connectivity index (χ1v) is 6.02. The first-order valence-electron chi connectivity index (χ1n) is 6.02. The van der Waals surface area contributed by atoms with E-state index < -0.39 is 6.03 Å². The van der Waals surface area contributed by atoms with Crippen molar-refractivity contribution in [3.63, 3.8) is 0 Å². The zero-order valence-corrected chi connectivity index (χ0v) is 10.9. The summed E-state index contributed by atoms with van der Waals surface area (Å²) < 4.78 is 1.76. The molecule has 3 N–H and O–H groups in total. The van der Waals surface area contributed by atoms with Crippen molar-refractivity contribution >= 4 is 22.6 Å². The van der Waals surface area contributed by atoms with Gasteiger partial charge in [-0.3, -0.25) is 0 Å². The molecule has 0 saturated heterocycles. The molecule has 6 heteroatoms. The van der Waals surface area contributed by atoms with Gasteiger partial charge in [-0.2, -0.15) is 0 Å². The molecule has 2 aromatic rings. The lowest BCUT2D eigenvalue weighted by Crippen LogP contribution is -2.03. The fourth-order valence-corrected chi connectivity index (χ4v) is 2.02. The lowest BCUT2D eigenvalue weighted by molar-refractivity contribution is 0.255. The SMILES string of the molecule is CC(C)Cn1c(O)c(N=NC(N)=O)c2ccccc21. The van der Waals surface area contributed by atoms with Gasteiger partial charge in [0.05, 0.1) is 5.52 Å². The number of urea groups is 1. The molecule has 0 aliphatic carbocycles. The van der Waals surface area contributed by atoms with Crippen LogP contribution in [0.2, 0.25) is 0 Å². The molecule has 0 spiro atoms. The summed E-state index contributed by atoms with van der Waals surface area (Å²) >= 11 is 0. The van der Waals surface area contributed by atoms with Crippen LogP contribution >= 0.6 is 0 Å². The van der Waals surface area contributed by atoms with E-state index in [2.05, 4.69) is 24.1 Å². The van der Waals surface area contributed by atoms with E-state index >= 15 is 0 Å². The molecule has 0 aliphatic heterocycles. The Morgan fingerprint density at radius 1 is 1.42 bits per heavy atom. The molecule has 19 heavy (non-hydrogen) atoms. The average Bonchev–Trinajstić information content (AvgIpc) is 2.60. The van der Waals surface area contributed by atoms with Gasteiger partial charge in [-0.1, -0.05) is 37.2 Å². The number of rotatable bonds is 3. The number of benzene rings is 1. The Hall–Kier alpha value is -2.37. The first-order chi connectivity index (χ1) is 9.00. The van der Waals surface area contributed by atoms with Gasteiger partial charge in [0.15, 0.2) is 5.69 Å². The highest BCUT2D eigenvalue weighted by molar-refractivity contribution is 5.95. The van der Waals surface area contributed by atoms with Gasteiger partial charge in [0, 0.05) is 11.9 Å². The van der Waals surface area contributed by atoms with Crippen LogP contribution < -0.4 is 5.73 Å². The molecular weight excluding hydrogens is 244 g/mol. The molecule has 1 heterocycles. The molecule has 1 aromatic heterocycles. The van der Waals surface area contributed by atoms with E-state index in [0.717, 1.165) is 10.9 Å². The Labute approximate surface area is 110 Å². The van der Waals surface area contributed by atoms with Crippen LogP contribution in [0.5, 0.6) is 5.88 Å². The predicted octanol–water partition coefficient (Wildman–Crippen LogP) is 3.17. The lowest BCUT2D eigenvalue weighted by atomic mass is 10.2. The number of aromatic nitrogens is 1. The summed E-state index contributed by atoms with van der Waals surface area (Å²) in [4.78, 5) is 10.7. The number of para-hydroxylation sites is 1. The molecule has 0 unspecified atom stereocenters. The van der Waals surface area contributed by atoms with Crippen molar-refractivity contribution in [3.05, 3.63) is 24.3 Å². The van der Waals surface area contributed by atoms with Gasteiger partial charge in [0.25, 0.3) is 0 Å². The standard InChI is InChI=1S/C13H16N4O2/c1-8(2)7-17-10-6-4-3-5-9(10)11(12(17)18)15-16-13(14)19/h3-6,8,18H,7H2,1-2H3,(H2,14,19). The second kappa shape index (κ2) is 5.09. The van der Waals surface area contributed by atoms with E-state index in [1.807, 2.05) is 24.3 Å². The van der Waals surface area contributed by atoms with Gasteiger partial charge in [-0.15, -0.1) is 5.11 Å². The van der Waals surface area contributed by atoms with Crippen LogP contribution in [0.3, 0.4) is 0 Å². The fraction of sp³-hybridized carbons (Fsp3) is 0.308. The number of hydrogen-bond acceptors (Lipinski definition) is 3. The average molecular weight is 260 g/mol. The number of carbonyl (C=O) groups is 1. The van der Waals surface area contributed by atoms with E-state index in [4.69, 9.17) is 5.73 Å². The molecule has 6 nitrogen and oxygen atoms in total. The molecule has 0 aliphatic rings. The van der Waals surface area contributed by atoms with E-state index in [1.165, 1.54) is 0 Å². The van der Waals surface area contributed by atoms with E-state index in [-0.39, 0.29) is 11.6 Å². The summed E-state index contributed by atoms with van der Waals surface area (Å²) in [7, 11) is 0. The van der Waals surface area contributed by atoms with Crippen molar-refractivity contribution in [2.24, 2.45) is 21.9 Å². The molecule has 1 aromatic carbocycles. The van der Waals surface area contributed by atoms with Crippen molar-refractivity contribution in [1.82, 2.24) is 4.57 Å². The Balaban J connectivity index is 2.63. The Morgan fingerprint density at radius 2 is 2.11 bits per heavy atom. The Morgan fingerprint density at radius 3 is 2.74 bits per heavy atom. The third-order valence-corrected chi connectivity index (χ3v) is 2.71. The summed E-state index contributed by atoms with van der Waals surface area (Å²) in [5.41, 5.74) is 6.06. The van der Waals surface area contributed by atoms with Gasteiger partial charge in [-0.05, 0) is 12.0 Å². The molecule has 2 amide bonds. The number of carbonyl (C=O) groups excluding carboxylic acids is 1. The highest BCUT2D eigenvalue weighted by Gasteiger charge is 2.16. The molecular formula is C13H16N4O2. The molecule has 0 atom stereocenters. The summed E-state index contributed by atoms with van der Waals surface area (Å²) in [6, 6.07) is 6.54. The molecule has 2 rings (SSSR count). The number of amides is 2. The van der Waals surface area contributed by atoms with Crippen molar-refractivity contribution < 1.29 is 9.90 Å². The predicted molar refractivity (Wildman–Crippen MR) is 72.5 cm³/mol. The van der Waals surface area contributed by atoms with E-state index in [0.29, 0.717) is 12.5 Å². The summed E-state index contributed by atoms with van der Waals surface area (Å²) in [5, 5.41) is 18.0. The van der Waals surface area contributed by atoms with E-state index in [1.54, 1.807) is 4.57 Å². The van der Waals surface area contributed by atoms with Crippen LogP contribution in [0.1, 0.15) is 13.8 Å². The normalized spacial score (nSPS) is 11.7. The minimum Gasteiger partial charge on any atom is -0.493 e. The maximum atomic E-state index is 10.7. The third-order valence-electron chi connectivity index (χ3n) is 2.71. The molecule has 0 radical (unpaired) electrons. The fourth-order valence-electron chi connectivity index (χ4n) is 2.02. The van der Waals surface area contributed by atoms with Crippen LogP contribution in [0.25, 0.3) is 10.9 Å². The second-order valence-corrected chi connectivity index (χ2v) is 4.73. The maximum Gasteiger partial charge on any atom is 0.356 e. The van der Waals surface area contributed by atoms with Crippen LogP contribution in [0.15, 0.2) is 34.5 Å². The number of nitrogens with zero attached hydrogens (tertiary/aromatic N) is 3. The Kier molecular flexibility index (Phi) is 3.50. The zero-order valence-electron chi connectivity index (χ0n) is 10.9. The number of azo groups is 1. The highest BCUT2D eigenvalue weighted by Crippen LogP contribution is 2.39. The van der Waals surface area contributed by atoms with Crippen molar-refractivity contribution in [2.45, 2.75) is 20.4 Å². The smallest absolute Gasteiger partial charge is 0.356 e. The van der Waals surface area contributed by atoms with Gasteiger partial charge in [-0.25, -0.2) is 4.79 Å². The first kappa shape index (κ1) is 13.1. The van der Waals surface area contributed by atoms with Crippen molar-refractivity contribution in [3.8, 4) is 5.88 Å². The van der Waals surface area contributed by atoms with Crippen LogP contribution in [-0.2, 0) is 6.54 Å². The minimum absolute atomic E-state index is 0.0000926. The van der Waals surface area contributed by atoms with Gasteiger partial charge in [0.2, 0.25) is 5.88 Å². The monoisotopic (exact) mass is 260 g/mol. The highest BCUT2D eigenvalue weighted by atomic mass is 16.3. The van der Waals surface area contributed by atoms with Crippen molar-refractivity contribution in [2.75, 3.05) is 0 Å². The topological polar surface area (TPSA) is 93.0 Å². The largest absolute Gasteiger partial charge is 0.493 e. The zero-order chi connectivity index (χ0) is 14.0. The van der Waals surface area contributed by atoms with E-state index in [9.17, 15) is 9.90 Å². The molecule has 0 fully saturated rings. The summed E-state index contributed by atoms with van der Waals surface area (Å²) in [6.07, 6.45) is 0. The summed E-state index contributed by atoms with van der Waals surface area (Å²) in [6.45, 7) is 4.76. The second-order valence-electron chi connectivity index (χ2n) is 4.73. The number of fused-ring (bicyclic) bond motifs is 1. The van der Waals surface area contributed by atoms with Crippen LogP contribution in [0.4, 0.5) is 10.5 Å². The number of nitrogens with two attached hydrogens (primary N) is 1. The summed E-state index contributed by atoms with van der Waals surface area (Å²) in [5.74, 6) is 0.363. The number of hydrogen-bond donors (Lipinski definition) is 2. The quantitative estimate of drug-likeness (QED) is 0.829.